The van der Waals surface area contributed by atoms with Crippen molar-refractivity contribution in [2.75, 3.05) is 10.8 Å². The molecule has 30 heavy (non-hydrogen) atoms. The van der Waals surface area contributed by atoms with E-state index in [9.17, 15) is 13.2 Å². The van der Waals surface area contributed by atoms with Gasteiger partial charge >= 0.3 is 0 Å². The maximum Gasteiger partial charge on any atom is 0.264 e. The lowest BCUT2D eigenvalue weighted by Gasteiger charge is -2.35. The van der Waals surface area contributed by atoms with E-state index >= 15 is 0 Å². The molecule has 0 unspecified atom stereocenters. The second kappa shape index (κ2) is 8.47. The van der Waals surface area contributed by atoms with Crippen molar-refractivity contribution >= 4 is 33.2 Å². The lowest BCUT2D eigenvalue weighted by atomic mass is 9.95. The molecule has 2 aromatic carbocycles. The van der Waals surface area contributed by atoms with Crippen molar-refractivity contribution in [3.63, 3.8) is 0 Å². The summed E-state index contributed by atoms with van der Waals surface area (Å²) in [5, 5.41) is 3.43. The molecule has 0 saturated heterocycles. The van der Waals surface area contributed by atoms with E-state index in [0.717, 1.165) is 31.2 Å². The zero-order chi connectivity index (χ0) is 21.3. The minimum absolute atomic E-state index is 0.109. The standard InChI is InChI=1S/C22H25ClN2O4S/c1-15-7-10-18(11-8-15)30(27,28)25-14-21(22(26)24-17-5-3-2-4-6-17)29-20-12-9-16(23)13-19(20)25/h7-13,17,21H,2-6,14H2,1H3,(H,24,26)/t21-/m1/s1. The highest BCUT2D eigenvalue weighted by atomic mass is 35.5. The normalized spacial score (nSPS) is 19.7. The van der Waals surface area contributed by atoms with Gasteiger partial charge in [-0.1, -0.05) is 48.6 Å². The molecule has 1 aliphatic heterocycles. The Morgan fingerprint density at radius 2 is 1.80 bits per heavy atom. The second-order valence-corrected chi connectivity index (χ2v) is 10.2. The first kappa shape index (κ1) is 21.0. The quantitative estimate of drug-likeness (QED) is 0.765. The van der Waals surface area contributed by atoms with Gasteiger partial charge in [-0.2, -0.15) is 0 Å². The summed E-state index contributed by atoms with van der Waals surface area (Å²) in [5.41, 5.74) is 1.30. The maximum atomic E-state index is 13.4. The van der Waals surface area contributed by atoms with Crippen molar-refractivity contribution in [2.24, 2.45) is 0 Å². The molecule has 1 atom stereocenters. The van der Waals surface area contributed by atoms with Gasteiger partial charge in [0, 0.05) is 11.1 Å². The molecule has 4 rings (SSSR count). The largest absolute Gasteiger partial charge is 0.476 e. The Morgan fingerprint density at radius 3 is 2.50 bits per heavy atom. The summed E-state index contributed by atoms with van der Waals surface area (Å²) in [6, 6.07) is 11.5. The number of nitrogens with zero attached hydrogens (tertiary/aromatic N) is 1. The monoisotopic (exact) mass is 448 g/mol. The Hall–Kier alpha value is -2.25. The molecule has 0 radical (unpaired) electrons. The van der Waals surface area contributed by atoms with Crippen LogP contribution in [0.15, 0.2) is 47.4 Å². The summed E-state index contributed by atoms with van der Waals surface area (Å²) in [4.78, 5) is 13.1. The zero-order valence-corrected chi connectivity index (χ0v) is 18.4. The number of sulfonamides is 1. The van der Waals surface area contributed by atoms with Gasteiger partial charge in [0.25, 0.3) is 15.9 Å². The van der Waals surface area contributed by atoms with Crippen LogP contribution in [0, 0.1) is 6.92 Å². The van der Waals surface area contributed by atoms with Gasteiger partial charge in [-0.3, -0.25) is 9.10 Å². The maximum absolute atomic E-state index is 13.4. The van der Waals surface area contributed by atoms with Crippen molar-refractivity contribution in [3.05, 3.63) is 53.1 Å². The van der Waals surface area contributed by atoms with E-state index in [4.69, 9.17) is 16.3 Å². The van der Waals surface area contributed by atoms with E-state index in [1.807, 2.05) is 6.92 Å². The molecule has 0 spiro atoms. The first-order valence-corrected chi connectivity index (χ1v) is 12.0. The number of benzene rings is 2. The van der Waals surface area contributed by atoms with E-state index in [0.29, 0.717) is 16.5 Å². The van der Waals surface area contributed by atoms with Crippen LogP contribution in [0.3, 0.4) is 0 Å². The third-order valence-electron chi connectivity index (χ3n) is 5.64. The van der Waals surface area contributed by atoms with Crippen LogP contribution >= 0.6 is 11.6 Å². The number of nitrogens with one attached hydrogen (secondary N) is 1. The molecule has 8 heteroatoms. The molecule has 6 nitrogen and oxygen atoms in total. The van der Waals surface area contributed by atoms with Crippen LogP contribution in [-0.4, -0.2) is 33.0 Å². The van der Waals surface area contributed by atoms with Gasteiger partial charge in [-0.05, 0) is 50.1 Å². The van der Waals surface area contributed by atoms with Crippen LogP contribution in [0.4, 0.5) is 5.69 Å². The molecule has 0 aromatic heterocycles. The highest BCUT2D eigenvalue weighted by molar-refractivity contribution is 7.92. The third-order valence-corrected chi connectivity index (χ3v) is 7.67. The van der Waals surface area contributed by atoms with Gasteiger partial charge in [0.1, 0.15) is 5.75 Å². The average Bonchev–Trinajstić information content (AvgIpc) is 2.74. The summed E-state index contributed by atoms with van der Waals surface area (Å²) < 4.78 is 34.0. The van der Waals surface area contributed by atoms with Gasteiger partial charge in [-0.15, -0.1) is 0 Å². The number of carbonyl (C=O) groups is 1. The predicted octanol–water partition coefficient (Wildman–Crippen LogP) is 4.05. The third kappa shape index (κ3) is 4.27. The summed E-state index contributed by atoms with van der Waals surface area (Å²) in [6.07, 6.45) is 4.31. The zero-order valence-electron chi connectivity index (χ0n) is 16.8. The van der Waals surface area contributed by atoms with E-state index in [-0.39, 0.29) is 23.4 Å². The fourth-order valence-corrected chi connectivity index (χ4v) is 5.60. The van der Waals surface area contributed by atoms with Crippen LogP contribution in [0.25, 0.3) is 0 Å². The number of hydrogen-bond donors (Lipinski definition) is 1. The molecule has 2 aliphatic rings. The molecule has 1 heterocycles. The van der Waals surface area contributed by atoms with Crippen LogP contribution in [0.1, 0.15) is 37.7 Å². The summed E-state index contributed by atoms with van der Waals surface area (Å²) >= 11 is 6.13. The van der Waals surface area contributed by atoms with Gasteiger partial charge in [-0.25, -0.2) is 8.42 Å². The SMILES string of the molecule is Cc1ccc(S(=O)(=O)N2C[C@H](C(=O)NC3CCCCC3)Oc3ccc(Cl)cc32)cc1. The molecule has 1 saturated carbocycles. The minimum Gasteiger partial charge on any atom is -0.476 e. The highest BCUT2D eigenvalue weighted by Crippen LogP contribution is 2.39. The van der Waals surface area contributed by atoms with Crippen LogP contribution < -0.4 is 14.4 Å². The first-order valence-electron chi connectivity index (χ1n) is 10.2. The number of amides is 1. The second-order valence-electron chi connectivity index (χ2n) is 7.91. The Bertz CT molecular complexity index is 1030. The Morgan fingerprint density at radius 1 is 1.10 bits per heavy atom. The summed E-state index contributed by atoms with van der Waals surface area (Å²) in [6.45, 7) is 1.79. The lowest BCUT2D eigenvalue weighted by molar-refractivity contribution is -0.128. The smallest absolute Gasteiger partial charge is 0.264 e. The number of hydrogen-bond acceptors (Lipinski definition) is 4. The Labute approximate surface area is 182 Å². The number of ether oxygens (including phenoxy) is 1. The van der Waals surface area contributed by atoms with E-state index < -0.39 is 16.1 Å². The van der Waals surface area contributed by atoms with Gasteiger partial charge in [0.15, 0.2) is 6.10 Å². The number of carbonyl (C=O) groups excluding carboxylic acids is 1. The highest BCUT2D eigenvalue weighted by Gasteiger charge is 2.38. The molecular formula is C22H25ClN2O4S. The van der Waals surface area contributed by atoms with Crippen molar-refractivity contribution in [1.29, 1.82) is 0 Å². The van der Waals surface area contributed by atoms with Crippen LogP contribution in [0.5, 0.6) is 5.75 Å². The molecule has 2 aromatic rings. The molecule has 1 amide bonds. The van der Waals surface area contributed by atoms with Gasteiger partial charge in [0.2, 0.25) is 0 Å². The number of aryl methyl sites for hydroxylation is 1. The van der Waals surface area contributed by atoms with E-state index in [1.165, 1.54) is 10.7 Å². The number of rotatable bonds is 4. The van der Waals surface area contributed by atoms with Crippen molar-refractivity contribution in [3.8, 4) is 5.75 Å². The Kier molecular flexibility index (Phi) is 5.93. The van der Waals surface area contributed by atoms with Crippen molar-refractivity contribution < 1.29 is 17.9 Å². The molecule has 1 aliphatic carbocycles. The van der Waals surface area contributed by atoms with Crippen molar-refractivity contribution in [2.45, 2.75) is 56.1 Å². The minimum atomic E-state index is -3.89. The molecular weight excluding hydrogens is 424 g/mol. The van der Waals surface area contributed by atoms with Gasteiger partial charge < -0.3 is 10.1 Å². The molecule has 0 bridgehead atoms. The fraction of sp³-hybridized carbons (Fsp3) is 0.409. The van der Waals surface area contributed by atoms with Crippen LogP contribution in [-0.2, 0) is 14.8 Å². The summed E-state index contributed by atoms with van der Waals surface area (Å²) in [5.74, 6) is 0.0386. The molecule has 1 fully saturated rings. The molecule has 1 N–H and O–H groups in total. The van der Waals surface area contributed by atoms with Crippen molar-refractivity contribution in [1.82, 2.24) is 5.32 Å². The first-order chi connectivity index (χ1) is 14.3. The topological polar surface area (TPSA) is 75.7 Å². The Balaban J connectivity index is 1.65. The van der Waals surface area contributed by atoms with Gasteiger partial charge in [0.05, 0.1) is 17.1 Å². The fourth-order valence-electron chi connectivity index (χ4n) is 3.97. The van der Waals surface area contributed by atoms with E-state index in [1.54, 1.807) is 42.5 Å². The number of anilines is 1. The number of halogens is 1. The average molecular weight is 449 g/mol. The predicted molar refractivity (Wildman–Crippen MR) is 117 cm³/mol. The number of fused-ring (bicyclic) bond motifs is 1. The lowest BCUT2D eigenvalue weighted by Crippen LogP contribution is -2.52. The molecule has 160 valence electrons. The summed E-state index contributed by atoms with van der Waals surface area (Å²) in [7, 11) is -3.89. The van der Waals surface area contributed by atoms with Crippen LogP contribution in [0.2, 0.25) is 5.02 Å². The van der Waals surface area contributed by atoms with E-state index in [2.05, 4.69) is 5.32 Å².